The Hall–Kier alpha value is -2.97. The van der Waals surface area contributed by atoms with E-state index in [4.69, 9.17) is 23.8 Å². The van der Waals surface area contributed by atoms with E-state index < -0.39 is 6.04 Å². The second kappa shape index (κ2) is 8.18. The maximum Gasteiger partial charge on any atom is 0.257 e. The van der Waals surface area contributed by atoms with Gasteiger partial charge in [0.25, 0.3) is 5.91 Å². The van der Waals surface area contributed by atoms with Gasteiger partial charge in [-0.1, -0.05) is 29.8 Å². The monoisotopic (exact) mass is 467 g/mol. The molecule has 2 aliphatic rings. The Morgan fingerprint density at radius 1 is 1.19 bits per heavy atom. The fraction of sp³-hybridized carbons (Fsp3) is 0.304. The summed E-state index contributed by atoms with van der Waals surface area (Å²) in [6.45, 7) is 4.70. The molecule has 164 valence electrons. The smallest absolute Gasteiger partial charge is 0.257 e. The number of nitrogens with one attached hydrogen (secondary N) is 1. The molecule has 9 heteroatoms. The van der Waals surface area contributed by atoms with Crippen molar-refractivity contribution in [3.05, 3.63) is 57.8 Å². The van der Waals surface area contributed by atoms with Crippen LogP contribution in [0.1, 0.15) is 16.8 Å². The molecule has 1 fully saturated rings. The molecule has 1 unspecified atom stereocenters. The number of amides is 1. The van der Waals surface area contributed by atoms with Crippen LogP contribution < -0.4 is 10.2 Å². The highest BCUT2D eigenvalue weighted by Gasteiger charge is 2.35. The summed E-state index contributed by atoms with van der Waals surface area (Å²) < 4.78 is 1.62. The van der Waals surface area contributed by atoms with Crippen LogP contribution in [0.5, 0.6) is 0 Å². The minimum Gasteiger partial charge on any atom is -0.368 e. The van der Waals surface area contributed by atoms with Crippen molar-refractivity contribution in [1.29, 1.82) is 0 Å². The fourth-order valence-electron chi connectivity index (χ4n) is 4.43. The van der Waals surface area contributed by atoms with Gasteiger partial charge in [0.1, 0.15) is 11.9 Å². The summed E-state index contributed by atoms with van der Waals surface area (Å²) in [6.07, 6.45) is 0.0831. The molecule has 32 heavy (non-hydrogen) atoms. The van der Waals surface area contributed by atoms with Crippen molar-refractivity contribution >= 4 is 58.0 Å². The maximum absolute atomic E-state index is 13.0. The van der Waals surface area contributed by atoms with E-state index in [0.29, 0.717) is 23.9 Å². The lowest BCUT2D eigenvalue weighted by molar-refractivity contribution is -0.131. The molecule has 0 saturated carbocycles. The minimum atomic E-state index is -0.648. The van der Waals surface area contributed by atoms with Gasteiger partial charge in [-0.05, 0) is 49.0 Å². The number of hydrogen-bond donors (Lipinski definition) is 1. The van der Waals surface area contributed by atoms with E-state index in [9.17, 15) is 9.59 Å². The van der Waals surface area contributed by atoms with Crippen LogP contribution in [0.25, 0.3) is 10.9 Å². The van der Waals surface area contributed by atoms with E-state index in [1.807, 2.05) is 47.4 Å². The van der Waals surface area contributed by atoms with E-state index in [0.717, 1.165) is 35.2 Å². The summed E-state index contributed by atoms with van der Waals surface area (Å²) in [5, 5.41) is 4.74. The zero-order valence-electron chi connectivity index (χ0n) is 17.5. The number of benzene rings is 2. The molecule has 3 heterocycles. The average molecular weight is 468 g/mol. The lowest BCUT2D eigenvalue weighted by Gasteiger charge is -2.37. The number of fused-ring (bicyclic) bond motifs is 3. The number of nitrogens with zero attached hydrogens (tertiary/aromatic N) is 4. The van der Waals surface area contributed by atoms with Gasteiger partial charge in [-0.2, -0.15) is 0 Å². The summed E-state index contributed by atoms with van der Waals surface area (Å²) in [4.78, 5) is 34.4. The number of para-hydroxylation sites is 1. The second-order valence-corrected chi connectivity index (χ2v) is 8.94. The lowest BCUT2D eigenvalue weighted by Crippen LogP contribution is -2.50. The number of aromatic nitrogens is 2. The average Bonchev–Trinajstić information content (AvgIpc) is 3.12. The largest absolute Gasteiger partial charge is 0.368 e. The summed E-state index contributed by atoms with van der Waals surface area (Å²) in [7, 11) is 0. The maximum atomic E-state index is 13.0. The zero-order valence-corrected chi connectivity index (χ0v) is 19.1. The van der Waals surface area contributed by atoms with Gasteiger partial charge >= 0.3 is 0 Å². The lowest BCUT2D eigenvalue weighted by atomic mass is 10.1. The molecule has 0 spiro atoms. The Balaban J connectivity index is 1.27. The first-order valence-corrected chi connectivity index (χ1v) is 11.3. The molecule has 7 nitrogen and oxygen atoms in total. The second-order valence-electron chi connectivity index (χ2n) is 8.13. The van der Waals surface area contributed by atoms with Gasteiger partial charge < -0.3 is 15.1 Å². The van der Waals surface area contributed by atoms with Crippen LogP contribution in [0.2, 0.25) is 5.02 Å². The molecule has 1 amide bonds. The molecule has 0 radical (unpaired) electrons. The third kappa shape index (κ3) is 3.63. The summed E-state index contributed by atoms with van der Waals surface area (Å²) in [6, 6.07) is 12.7. The normalized spacial score (nSPS) is 18.1. The summed E-state index contributed by atoms with van der Waals surface area (Å²) >= 11 is 11.5. The van der Waals surface area contributed by atoms with Crippen LogP contribution in [0.4, 0.5) is 11.5 Å². The minimum absolute atomic E-state index is 0.0464. The van der Waals surface area contributed by atoms with Crippen molar-refractivity contribution < 1.29 is 9.59 Å². The van der Waals surface area contributed by atoms with Crippen LogP contribution in [0.15, 0.2) is 42.5 Å². The third-order valence-corrected chi connectivity index (χ3v) is 6.65. The number of rotatable bonds is 3. The molecule has 0 aliphatic carbocycles. The van der Waals surface area contributed by atoms with Crippen molar-refractivity contribution in [3.63, 3.8) is 0 Å². The Morgan fingerprint density at radius 2 is 1.94 bits per heavy atom. The molecule has 1 atom stereocenters. The Bertz CT molecular complexity index is 1300. The van der Waals surface area contributed by atoms with E-state index >= 15 is 0 Å². The van der Waals surface area contributed by atoms with Crippen molar-refractivity contribution in [3.8, 4) is 0 Å². The SMILES string of the molecule is Cc1ccc(Cl)cc1N1CCN(C(=O)CC2Nc3c4ccccc4nc(=S)n3C2=O)CC1. The molecule has 5 rings (SSSR count). The van der Waals surface area contributed by atoms with Crippen LogP contribution in [0.3, 0.4) is 0 Å². The van der Waals surface area contributed by atoms with E-state index in [1.54, 1.807) is 0 Å². The van der Waals surface area contributed by atoms with Crippen molar-refractivity contribution in [2.75, 3.05) is 36.4 Å². The first kappa shape index (κ1) is 20.9. The number of hydrogen-bond acceptors (Lipinski definition) is 6. The van der Waals surface area contributed by atoms with Crippen LogP contribution in [-0.4, -0.2) is 58.5 Å². The molecule has 3 aromatic rings. The van der Waals surface area contributed by atoms with Crippen LogP contribution >= 0.6 is 23.8 Å². The number of aryl methyl sites for hydroxylation is 1. The van der Waals surface area contributed by atoms with Gasteiger partial charge in [0.05, 0.1) is 11.9 Å². The van der Waals surface area contributed by atoms with Crippen LogP contribution in [-0.2, 0) is 4.79 Å². The Kier molecular flexibility index (Phi) is 5.35. The van der Waals surface area contributed by atoms with Gasteiger partial charge in [-0.3, -0.25) is 9.59 Å². The number of carbonyl (C=O) groups is 2. The van der Waals surface area contributed by atoms with E-state index in [1.165, 1.54) is 4.57 Å². The van der Waals surface area contributed by atoms with Gasteiger partial charge in [-0.25, -0.2) is 9.55 Å². The molecular formula is C23H22ClN5O2S. The van der Waals surface area contributed by atoms with Gasteiger partial charge in [0.2, 0.25) is 10.7 Å². The molecular weight excluding hydrogens is 446 g/mol. The van der Waals surface area contributed by atoms with Crippen molar-refractivity contribution in [2.24, 2.45) is 0 Å². The first-order chi connectivity index (χ1) is 15.4. The Labute approximate surface area is 195 Å². The Morgan fingerprint density at radius 3 is 2.72 bits per heavy atom. The molecule has 1 N–H and O–H groups in total. The summed E-state index contributed by atoms with van der Waals surface area (Å²) in [5.74, 6) is 0.337. The predicted molar refractivity (Wildman–Crippen MR) is 128 cm³/mol. The fourth-order valence-corrected chi connectivity index (χ4v) is 4.88. The van der Waals surface area contributed by atoms with Crippen molar-refractivity contribution in [1.82, 2.24) is 14.5 Å². The zero-order chi connectivity index (χ0) is 22.4. The number of carbonyl (C=O) groups excluding carboxylic acids is 2. The highest BCUT2D eigenvalue weighted by molar-refractivity contribution is 7.71. The van der Waals surface area contributed by atoms with Gasteiger partial charge in [0, 0.05) is 42.3 Å². The molecule has 2 aliphatic heterocycles. The first-order valence-electron chi connectivity index (χ1n) is 10.5. The topological polar surface area (TPSA) is 70.5 Å². The van der Waals surface area contributed by atoms with E-state index in [2.05, 4.69) is 22.1 Å². The molecule has 0 bridgehead atoms. The molecule has 1 aromatic heterocycles. The molecule has 2 aromatic carbocycles. The molecule has 1 saturated heterocycles. The number of anilines is 2. The highest BCUT2D eigenvalue weighted by atomic mass is 35.5. The van der Waals surface area contributed by atoms with Crippen LogP contribution in [0, 0.1) is 11.7 Å². The van der Waals surface area contributed by atoms with E-state index in [-0.39, 0.29) is 23.0 Å². The predicted octanol–water partition coefficient (Wildman–Crippen LogP) is 3.90. The van der Waals surface area contributed by atoms with Crippen molar-refractivity contribution in [2.45, 2.75) is 19.4 Å². The third-order valence-electron chi connectivity index (χ3n) is 6.14. The quantitative estimate of drug-likeness (QED) is 0.589. The number of halogens is 1. The standard InChI is InChI=1S/C23H22ClN5O2S/c1-14-6-7-15(24)12-19(14)27-8-10-28(11-9-27)20(30)13-18-22(31)29-21(25-18)16-4-2-3-5-17(16)26-23(29)32/h2-7,12,18,25H,8-11,13H2,1H3. The highest BCUT2D eigenvalue weighted by Crippen LogP contribution is 2.29. The summed E-state index contributed by atoms with van der Waals surface area (Å²) in [5.41, 5.74) is 2.98. The van der Waals surface area contributed by atoms with Gasteiger partial charge in [0.15, 0.2) is 0 Å². The van der Waals surface area contributed by atoms with Gasteiger partial charge in [-0.15, -0.1) is 0 Å². The number of piperazine rings is 1.